The highest BCUT2D eigenvalue weighted by atomic mass is 19.4. The molecule has 0 radical (unpaired) electrons. The molecule has 3 aromatic rings. The number of benzene rings is 2. The number of fused-ring (bicyclic) bond motifs is 1. The first-order valence-corrected chi connectivity index (χ1v) is 10.8. The summed E-state index contributed by atoms with van der Waals surface area (Å²) in [6.45, 7) is 2.19. The highest BCUT2D eigenvalue weighted by Crippen LogP contribution is 2.37. The molecule has 0 aliphatic carbocycles. The summed E-state index contributed by atoms with van der Waals surface area (Å²) in [7, 11) is 0. The van der Waals surface area contributed by atoms with Crippen LogP contribution in [0.15, 0.2) is 46.0 Å². The number of anilines is 2. The molecule has 1 aliphatic rings. The van der Waals surface area contributed by atoms with Gasteiger partial charge in [-0.15, -0.1) is 0 Å². The Morgan fingerprint density at radius 1 is 1.14 bits per heavy atom. The summed E-state index contributed by atoms with van der Waals surface area (Å²) in [6, 6.07) is 6.83. The fourth-order valence-corrected chi connectivity index (χ4v) is 3.85. The Labute approximate surface area is 195 Å². The number of halogens is 3. The van der Waals surface area contributed by atoms with E-state index in [4.69, 9.17) is 4.74 Å². The highest BCUT2D eigenvalue weighted by Gasteiger charge is 2.35. The maximum Gasteiger partial charge on any atom is 0.418 e. The third-order valence-corrected chi connectivity index (χ3v) is 5.62. The van der Waals surface area contributed by atoms with Crippen LogP contribution < -0.4 is 21.9 Å². The molecule has 1 aromatic heterocycles. The second-order valence-corrected chi connectivity index (χ2v) is 7.94. The summed E-state index contributed by atoms with van der Waals surface area (Å²) in [4.78, 5) is 51.8. The quantitative estimate of drug-likeness (QED) is 0.507. The van der Waals surface area contributed by atoms with E-state index in [1.54, 1.807) is 6.92 Å². The number of rotatable bonds is 5. The lowest BCUT2D eigenvalue weighted by molar-refractivity contribution is -0.137. The molecular weight excluding hydrogens is 469 g/mol. The summed E-state index contributed by atoms with van der Waals surface area (Å²) in [6.07, 6.45) is -4.37. The van der Waals surface area contributed by atoms with Crippen LogP contribution in [-0.2, 0) is 22.3 Å². The van der Waals surface area contributed by atoms with E-state index in [1.807, 2.05) is 0 Å². The minimum absolute atomic E-state index is 0.0642. The van der Waals surface area contributed by atoms with Gasteiger partial charge in [0, 0.05) is 24.4 Å². The number of alkyl halides is 3. The van der Waals surface area contributed by atoms with Crippen LogP contribution in [0.1, 0.15) is 35.7 Å². The van der Waals surface area contributed by atoms with Crippen molar-refractivity contribution >= 4 is 34.1 Å². The topological polar surface area (TPSA) is 122 Å². The molecule has 0 spiro atoms. The number of nitrogens with one attached hydrogen (secondary N) is 3. The summed E-state index contributed by atoms with van der Waals surface area (Å²) < 4.78 is 47.4. The fraction of sp³-hybridized carbons (Fsp3) is 0.304. The molecule has 1 fully saturated rings. The first kappa shape index (κ1) is 24.2. The smallest absolute Gasteiger partial charge is 0.368 e. The number of hydrogen-bond acceptors (Lipinski definition) is 5. The molecule has 4 rings (SSSR count). The molecule has 0 saturated carbocycles. The lowest BCUT2D eigenvalue weighted by Crippen LogP contribution is -2.34. The van der Waals surface area contributed by atoms with Crippen LogP contribution in [0, 0.1) is 0 Å². The Kier molecular flexibility index (Phi) is 6.48. The molecule has 1 aliphatic heterocycles. The van der Waals surface area contributed by atoms with Crippen molar-refractivity contribution in [3.8, 4) is 0 Å². The maximum atomic E-state index is 13.7. The van der Waals surface area contributed by atoms with Crippen LogP contribution >= 0.6 is 0 Å². The molecular formula is C23H21F3N4O5. The van der Waals surface area contributed by atoms with Crippen LogP contribution in [0.25, 0.3) is 10.9 Å². The van der Waals surface area contributed by atoms with E-state index in [2.05, 4.69) is 15.6 Å². The molecule has 184 valence electrons. The summed E-state index contributed by atoms with van der Waals surface area (Å²) in [5.41, 5.74) is -2.96. The minimum Gasteiger partial charge on any atom is -0.368 e. The molecule has 1 saturated heterocycles. The van der Waals surface area contributed by atoms with Gasteiger partial charge in [-0.1, -0.05) is 0 Å². The van der Waals surface area contributed by atoms with Gasteiger partial charge >= 0.3 is 11.9 Å². The van der Waals surface area contributed by atoms with Crippen molar-refractivity contribution in [3.63, 3.8) is 0 Å². The maximum absolute atomic E-state index is 13.7. The Hall–Kier alpha value is -3.93. The number of carbonyl (C=O) groups is 2. The molecule has 2 aromatic carbocycles. The minimum atomic E-state index is -4.83. The molecule has 1 atom stereocenters. The predicted octanol–water partition coefficient (Wildman–Crippen LogP) is 3.10. The van der Waals surface area contributed by atoms with Crippen molar-refractivity contribution in [2.24, 2.45) is 0 Å². The van der Waals surface area contributed by atoms with Gasteiger partial charge in [0.2, 0.25) is 0 Å². The van der Waals surface area contributed by atoms with Crippen LogP contribution in [0.2, 0.25) is 0 Å². The third kappa shape index (κ3) is 4.97. The third-order valence-electron chi connectivity index (χ3n) is 5.62. The van der Waals surface area contributed by atoms with Gasteiger partial charge in [0.15, 0.2) is 0 Å². The van der Waals surface area contributed by atoms with E-state index in [0.29, 0.717) is 19.4 Å². The summed E-state index contributed by atoms with van der Waals surface area (Å²) >= 11 is 0. The molecule has 0 bridgehead atoms. The lowest BCUT2D eigenvalue weighted by atomic mass is 10.1. The van der Waals surface area contributed by atoms with Gasteiger partial charge in [-0.05, 0) is 56.2 Å². The van der Waals surface area contributed by atoms with Crippen molar-refractivity contribution in [1.29, 1.82) is 0 Å². The number of hydrogen-bond donors (Lipinski definition) is 3. The standard InChI is InChI=1S/C23H21F3N4O5/c1-2-30-21(33)14-7-5-12(10-17(14)29-22(30)34)19(31)28-16-8-6-13(11-15(16)23(24,25)26)27-20(32)18-4-3-9-35-18/h5-8,10-11,18H,2-4,9H2,1H3,(H,27,32)(H,28,31)(H,29,34). The van der Waals surface area contributed by atoms with Crippen molar-refractivity contribution in [2.45, 2.75) is 38.6 Å². The number of amides is 2. The molecule has 1 unspecified atom stereocenters. The van der Waals surface area contributed by atoms with Crippen molar-refractivity contribution in [2.75, 3.05) is 17.2 Å². The molecule has 3 N–H and O–H groups in total. The molecule has 9 nitrogen and oxygen atoms in total. The summed E-state index contributed by atoms with van der Waals surface area (Å²) in [5, 5.41) is 4.78. The van der Waals surface area contributed by atoms with Crippen molar-refractivity contribution in [3.05, 3.63) is 68.4 Å². The van der Waals surface area contributed by atoms with Crippen LogP contribution in [0.5, 0.6) is 0 Å². The van der Waals surface area contributed by atoms with Gasteiger partial charge in [-0.3, -0.25) is 19.0 Å². The number of nitrogens with zero attached hydrogens (tertiary/aromatic N) is 1. The first-order chi connectivity index (χ1) is 16.6. The Balaban J connectivity index is 1.61. The average molecular weight is 490 g/mol. The second-order valence-electron chi connectivity index (χ2n) is 7.94. The number of aromatic nitrogens is 2. The Morgan fingerprint density at radius 2 is 1.91 bits per heavy atom. The van der Waals surface area contributed by atoms with Crippen molar-refractivity contribution in [1.82, 2.24) is 9.55 Å². The van der Waals surface area contributed by atoms with E-state index in [1.165, 1.54) is 24.3 Å². The molecule has 35 heavy (non-hydrogen) atoms. The molecule has 2 amide bonds. The van der Waals surface area contributed by atoms with E-state index >= 15 is 0 Å². The first-order valence-electron chi connectivity index (χ1n) is 10.8. The van der Waals surface area contributed by atoms with E-state index in [0.717, 1.165) is 16.7 Å². The number of carbonyl (C=O) groups excluding carboxylic acids is 2. The van der Waals surface area contributed by atoms with Crippen LogP contribution in [0.3, 0.4) is 0 Å². The SMILES string of the molecule is CCn1c(=O)[nH]c2cc(C(=O)Nc3ccc(NC(=O)C4CCCO4)cc3C(F)(F)F)ccc2c1=O. The zero-order chi connectivity index (χ0) is 25.3. The second kappa shape index (κ2) is 9.37. The predicted molar refractivity (Wildman–Crippen MR) is 122 cm³/mol. The Morgan fingerprint density at radius 3 is 2.57 bits per heavy atom. The molecule has 2 heterocycles. The monoisotopic (exact) mass is 490 g/mol. The van der Waals surface area contributed by atoms with E-state index in [9.17, 15) is 32.3 Å². The van der Waals surface area contributed by atoms with E-state index < -0.39 is 46.6 Å². The van der Waals surface area contributed by atoms with Gasteiger partial charge in [0.25, 0.3) is 17.4 Å². The zero-order valence-electron chi connectivity index (χ0n) is 18.5. The van der Waals surface area contributed by atoms with Crippen LogP contribution in [0.4, 0.5) is 24.5 Å². The number of aromatic amines is 1. The zero-order valence-corrected chi connectivity index (χ0v) is 18.5. The van der Waals surface area contributed by atoms with Crippen molar-refractivity contribution < 1.29 is 27.5 Å². The fourth-order valence-electron chi connectivity index (χ4n) is 3.85. The molecule has 12 heteroatoms. The van der Waals surface area contributed by atoms with Crippen LogP contribution in [-0.4, -0.2) is 34.1 Å². The van der Waals surface area contributed by atoms with E-state index in [-0.39, 0.29) is 28.7 Å². The van der Waals surface area contributed by atoms with Gasteiger partial charge < -0.3 is 20.4 Å². The highest BCUT2D eigenvalue weighted by molar-refractivity contribution is 6.06. The average Bonchev–Trinajstić information content (AvgIpc) is 3.34. The lowest BCUT2D eigenvalue weighted by Gasteiger charge is -2.17. The van der Waals surface area contributed by atoms with Gasteiger partial charge in [-0.25, -0.2) is 4.79 Å². The summed E-state index contributed by atoms with van der Waals surface area (Å²) in [5.74, 6) is -1.42. The van der Waals surface area contributed by atoms with Gasteiger partial charge in [0.1, 0.15) is 6.10 Å². The van der Waals surface area contributed by atoms with Gasteiger partial charge in [0.05, 0.1) is 22.2 Å². The number of H-pyrrole nitrogens is 1. The van der Waals surface area contributed by atoms with Gasteiger partial charge in [-0.2, -0.15) is 13.2 Å². The number of ether oxygens (including phenoxy) is 1. The Bertz CT molecular complexity index is 1420. The normalized spacial score (nSPS) is 15.8. The largest absolute Gasteiger partial charge is 0.418 e.